The van der Waals surface area contributed by atoms with Crippen LogP contribution in [0, 0.1) is 0 Å². The van der Waals surface area contributed by atoms with E-state index in [-0.39, 0.29) is 24.4 Å². The van der Waals surface area contributed by atoms with Crippen molar-refractivity contribution >= 4 is 29.7 Å². The van der Waals surface area contributed by atoms with Crippen LogP contribution in [0.15, 0.2) is 36.4 Å². The van der Waals surface area contributed by atoms with Gasteiger partial charge in [-0.05, 0) is 31.9 Å². The summed E-state index contributed by atoms with van der Waals surface area (Å²) < 4.78 is 5.61. The normalized spacial score (nSPS) is 11.4. The molecule has 1 aromatic heterocycles. The van der Waals surface area contributed by atoms with Crippen LogP contribution in [0.3, 0.4) is 0 Å². The predicted molar refractivity (Wildman–Crippen MR) is 98.8 cm³/mol. The zero-order valence-corrected chi connectivity index (χ0v) is 15.0. The second kappa shape index (κ2) is 9.55. The van der Waals surface area contributed by atoms with Crippen molar-refractivity contribution in [2.75, 3.05) is 13.2 Å². The van der Waals surface area contributed by atoms with Gasteiger partial charge in [-0.3, -0.25) is 4.79 Å². The number of halogens is 1. The van der Waals surface area contributed by atoms with Gasteiger partial charge in [0, 0.05) is 17.5 Å². The summed E-state index contributed by atoms with van der Waals surface area (Å²) in [6.07, 6.45) is 0.757. The lowest BCUT2D eigenvalue weighted by molar-refractivity contribution is 0.0953. The van der Waals surface area contributed by atoms with E-state index >= 15 is 0 Å². The Morgan fingerprint density at radius 1 is 1.35 bits per heavy atom. The van der Waals surface area contributed by atoms with Gasteiger partial charge in [0.05, 0.1) is 6.61 Å². The van der Waals surface area contributed by atoms with Crippen LogP contribution >= 0.6 is 23.7 Å². The Morgan fingerprint density at radius 2 is 2.04 bits per heavy atom. The SMILES string of the molecule is CCOc1cc(-c2ccccc2)sc1C(=O)NCCC(C)N.Cl. The van der Waals surface area contributed by atoms with E-state index in [1.807, 2.05) is 50.2 Å². The van der Waals surface area contributed by atoms with Gasteiger partial charge in [0.1, 0.15) is 10.6 Å². The highest BCUT2D eigenvalue weighted by atomic mass is 35.5. The number of ether oxygens (including phenoxy) is 1. The molecule has 2 rings (SSSR count). The molecule has 0 aliphatic rings. The number of hydrogen-bond acceptors (Lipinski definition) is 4. The molecule has 6 heteroatoms. The molecule has 0 radical (unpaired) electrons. The Kier molecular flexibility index (Phi) is 8.09. The number of hydrogen-bond donors (Lipinski definition) is 2. The average Bonchev–Trinajstić information content (AvgIpc) is 2.92. The molecular formula is C17H23ClN2O2S. The smallest absolute Gasteiger partial charge is 0.265 e. The molecule has 0 saturated carbocycles. The summed E-state index contributed by atoms with van der Waals surface area (Å²) in [5.41, 5.74) is 6.79. The molecule has 0 aliphatic heterocycles. The number of rotatable bonds is 7. The summed E-state index contributed by atoms with van der Waals surface area (Å²) >= 11 is 1.45. The highest BCUT2D eigenvalue weighted by Crippen LogP contribution is 2.36. The van der Waals surface area contributed by atoms with Crippen molar-refractivity contribution in [3.8, 4) is 16.2 Å². The van der Waals surface area contributed by atoms with E-state index in [0.717, 1.165) is 16.9 Å². The molecule has 0 fully saturated rings. The summed E-state index contributed by atoms with van der Waals surface area (Å²) in [5, 5.41) is 2.91. The van der Waals surface area contributed by atoms with Crippen LogP contribution in [0.5, 0.6) is 5.75 Å². The minimum absolute atomic E-state index is 0. The summed E-state index contributed by atoms with van der Waals surface area (Å²) in [4.78, 5) is 14.0. The van der Waals surface area contributed by atoms with Crippen molar-refractivity contribution in [2.45, 2.75) is 26.3 Å². The van der Waals surface area contributed by atoms with E-state index in [1.165, 1.54) is 11.3 Å². The first-order chi connectivity index (χ1) is 10.6. The fourth-order valence-electron chi connectivity index (χ4n) is 2.03. The van der Waals surface area contributed by atoms with Crippen LogP contribution in [0.2, 0.25) is 0 Å². The molecule has 1 aromatic carbocycles. The number of nitrogens with two attached hydrogens (primary N) is 1. The lowest BCUT2D eigenvalue weighted by atomic mass is 10.2. The Morgan fingerprint density at radius 3 is 2.65 bits per heavy atom. The summed E-state index contributed by atoms with van der Waals surface area (Å²) in [7, 11) is 0. The number of nitrogens with one attached hydrogen (secondary N) is 1. The first kappa shape index (κ1) is 19.5. The lowest BCUT2D eigenvalue weighted by Crippen LogP contribution is -2.28. The largest absolute Gasteiger partial charge is 0.492 e. The third kappa shape index (κ3) is 5.53. The van der Waals surface area contributed by atoms with Gasteiger partial charge >= 0.3 is 0 Å². The molecule has 23 heavy (non-hydrogen) atoms. The van der Waals surface area contributed by atoms with Gasteiger partial charge in [0.2, 0.25) is 0 Å². The van der Waals surface area contributed by atoms with Crippen LogP contribution in [-0.4, -0.2) is 25.1 Å². The molecule has 1 heterocycles. The zero-order chi connectivity index (χ0) is 15.9. The lowest BCUT2D eigenvalue weighted by Gasteiger charge is -2.07. The van der Waals surface area contributed by atoms with E-state index in [1.54, 1.807) is 0 Å². The van der Waals surface area contributed by atoms with Crippen LogP contribution < -0.4 is 15.8 Å². The molecule has 126 valence electrons. The summed E-state index contributed by atoms with van der Waals surface area (Å²) in [6, 6.07) is 12.0. The number of carbonyl (C=O) groups excluding carboxylic acids is 1. The van der Waals surface area contributed by atoms with Gasteiger partial charge in [0.25, 0.3) is 5.91 Å². The highest BCUT2D eigenvalue weighted by Gasteiger charge is 2.18. The molecular weight excluding hydrogens is 332 g/mol. The predicted octanol–water partition coefficient (Wildman–Crippen LogP) is 3.70. The molecule has 2 aromatic rings. The second-order valence-electron chi connectivity index (χ2n) is 5.12. The van der Waals surface area contributed by atoms with Crippen LogP contribution in [0.25, 0.3) is 10.4 Å². The van der Waals surface area contributed by atoms with Gasteiger partial charge < -0.3 is 15.8 Å². The molecule has 0 bridgehead atoms. The molecule has 1 atom stereocenters. The fraction of sp³-hybridized carbons (Fsp3) is 0.353. The van der Waals surface area contributed by atoms with Crippen molar-refractivity contribution in [1.82, 2.24) is 5.32 Å². The minimum Gasteiger partial charge on any atom is -0.492 e. The summed E-state index contributed by atoms with van der Waals surface area (Å²) in [5.74, 6) is 0.543. The number of thiophene rings is 1. The fourth-order valence-corrected chi connectivity index (χ4v) is 3.06. The van der Waals surface area contributed by atoms with Gasteiger partial charge in [-0.1, -0.05) is 30.3 Å². The monoisotopic (exact) mass is 354 g/mol. The standard InChI is InChI=1S/C17H22N2O2S.ClH/c1-3-21-14-11-15(13-7-5-4-6-8-13)22-16(14)17(20)19-10-9-12(2)18;/h4-8,11-12H,3,9-10,18H2,1-2H3,(H,19,20);1H. The number of amides is 1. The Balaban J connectivity index is 0.00000264. The average molecular weight is 355 g/mol. The van der Waals surface area contributed by atoms with Crippen molar-refractivity contribution in [1.29, 1.82) is 0 Å². The Labute approximate surface area is 147 Å². The number of benzene rings is 1. The van der Waals surface area contributed by atoms with Crippen LogP contribution in [0.4, 0.5) is 0 Å². The third-order valence-electron chi connectivity index (χ3n) is 3.15. The second-order valence-corrected chi connectivity index (χ2v) is 6.18. The van der Waals surface area contributed by atoms with Crippen molar-refractivity contribution in [3.05, 3.63) is 41.3 Å². The molecule has 1 amide bonds. The Hall–Kier alpha value is -1.56. The molecule has 0 spiro atoms. The molecule has 3 N–H and O–H groups in total. The summed E-state index contributed by atoms with van der Waals surface area (Å²) in [6.45, 7) is 4.94. The van der Waals surface area contributed by atoms with E-state index in [4.69, 9.17) is 10.5 Å². The van der Waals surface area contributed by atoms with Gasteiger partial charge in [-0.25, -0.2) is 0 Å². The maximum Gasteiger partial charge on any atom is 0.265 e. The van der Waals surface area contributed by atoms with Gasteiger partial charge in [0.15, 0.2) is 0 Å². The molecule has 0 aliphatic carbocycles. The Bertz CT molecular complexity index is 614. The zero-order valence-electron chi connectivity index (χ0n) is 13.4. The van der Waals surface area contributed by atoms with Crippen molar-refractivity contribution in [2.24, 2.45) is 5.73 Å². The minimum atomic E-state index is -0.101. The number of carbonyl (C=O) groups is 1. The molecule has 4 nitrogen and oxygen atoms in total. The highest BCUT2D eigenvalue weighted by molar-refractivity contribution is 7.17. The van der Waals surface area contributed by atoms with Crippen molar-refractivity contribution < 1.29 is 9.53 Å². The van der Waals surface area contributed by atoms with Gasteiger partial charge in [-0.15, -0.1) is 23.7 Å². The van der Waals surface area contributed by atoms with E-state index < -0.39 is 0 Å². The van der Waals surface area contributed by atoms with Crippen LogP contribution in [-0.2, 0) is 0 Å². The first-order valence-electron chi connectivity index (χ1n) is 7.47. The van der Waals surface area contributed by atoms with E-state index in [0.29, 0.717) is 23.8 Å². The molecule has 0 saturated heterocycles. The maximum absolute atomic E-state index is 12.3. The van der Waals surface area contributed by atoms with Crippen LogP contribution in [0.1, 0.15) is 29.9 Å². The first-order valence-corrected chi connectivity index (χ1v) is 8.29. The molecule has 1 unspecified atom stereocenters. The topological polar surface area (TPSA) is 64.3 Å². The third-order valence-corrected chi connectivity index (χ3v) is 4.31. The maximum atomic E-state index is 12.3. The van der Waals surface area contributed by atoms with Crippen molar-refractivity contribution in [3.63, 3.8) is 0 Å². The quantitative estimate of drug-likeness (QED) is 0.796. The van der Waals surface area contributed by atoms with Gasteiger partial charge in [-0.2, -0.15) is 0 Å². The van der Waals surface area contributed by atoms with E-state index in [9.17, 15) is 4.79 Å². The van der Waals surface area contributed by atoms with E-state index in [2.05, 4.69) is 5.32 Å².